The van der Waals surface area contributed by atoms with E-state index in [2.05, 4.69) is 53.7 Å². The standard InChI is InChI=1S/C16H24O2/c1-11(17)18-14-10-12(15(2,3)4)8-9-13(14)16(5,6)7/h8-10H,1-7H3. The largest absolute Gasteiger partial charge is 0.426 e. The SMILES string of the molecule is CC(=O)Oc1cc(C(C)(C)C)ccc1C(C)(C)C. The third-order valence-electron chi connectivity index (χ3n) is 2.91. The summed E-state index contributed by atoms with van der Waals surface area (Å²) >= 11 is 0. The Bertz CT molecular complexity index is 445. The van der Waals surface area contributed by atoms with Crippen molar-refractivity contribution >= 4 is 5.97 Å². The first-order valence-corrected chi connectivity index (χ1v) is 6.35. The predicted molar refractivity (Wildman–Crippen MR) is 75.2 cm³/mol. The molecule has 0 heterocycles. The summed E-state index contributed by atoms with van der Waals surface area (Å²) in [6.45, 7) is 14.2. The van der Waals surface area contributed by atoms with Crippen LogP contribution in [0, 0.1) is 0 Å². The Kier molecular flexibility index (Phi) is 3.89. The maximum absolute atomic E-state index is 11.2. The van der Waals surface area contributed by atoms with E-state index >= 15 is 0 Å². The Hall–Kier alpha value is -1.31. The fourth-order valence-corrected chi connectivity index (χ4v) is 1.85. The molecule has 0 fully saturated rings. The second-order valence-corrected chi connectivity index (χ2v) is 6.80. The lowest BCUT2D eigenvalue weighted by Gasteiger charge is -2.26. The second-order valence-electron chi connectivity index (χ2n) is 6.80. The molecule has 0 unspecified atom stereocenters. The van der Waals surface area contributed by atoms with Crippen LogP contribution in [-0.2, 0) is 15.6 Å². The molecule has 0 atom stereocenters. The van der Waals surface area contributed by atoms with E-state index in [4.69, 9.17) is 4.74 Å². The number of ether oxygens (including phenoxy) is 1. The van der Waals surface area contributed by atoms with Crippen LogP contribution < -0.4 is 4.74 Å². The maximum atomic E-state index is 11.2. The molecule has 0 amide bonds. The molecule has 0 N–H and O–H groups in total. The van der Waals surface area contributed by atoms with Crippen LogP contribution in [0.3, 0.4) is 0 Å². The second kappa shape index (κ2) is 4.75. The van der Waals surface area contributed by atoms with Gasteiger partial charge in [0.1, 0.15) is 5.75 Å². The van der Waals surface area contributed by atoms with E-state index in [1.165, 1.54) is 12.5 Å². The minimum absolute atomic E-state index is 0.0405. The van der Waals surface area contributed by atoms with Gasteiger partial charge in [0.2, 0.25) is 0 Å². The lowest BCUT2D eigenvalue weighted by molar-refractivity contribution is -0.131. The zero-order chi connectivity index (χ0) is 14.1. The number of benzene rings is 1. The number of carbonyl (C=O) groups is 1. The van der Waals surface area contributed by atoms with Crippen LogP contribution in [0.15, 0.2) is 18.2 Å². The molecule has 1 aromatic carbocycles. The van der Waals surface area contributed by atoms with Crippen molar-refractivity contribution in [2.24, 2.45) is 0 Å². The van der Waals surface area contributed by atoms with Crippen LogP contribution >= 0.6 is 0 Å². The molecule has 18 heavy (non-hydrogen) atoms. The molecule has 0 aliphatic rings. The van der Waals surface area contributed by atoms with Gasteiger partial charge in [0, 0.05) is 12.5 Å². The first kappa shape index (κ1) is 14.7. The van der Waals surface area contributed by atoms with Gasteiger partial charge in [0.25, 0.3) is 0 Å². The molecule has 0 spiro atoms. The van der Waals surface area contributed by atoms with E-state index in [1.807, 2.05) is 6.07 Å². The number of hydrogen-bond acceptors (Lipinski definition) is 2. The van der Waals surface area contributed by atoms with E-state index in [9.17, 15) is 4.79 Å². The third kappa shape index (κ3) is 3.59. The fraction of sp³-hybridized carbons (Fsp3) is 0.562. The molecule has 0 aliphatic carbocycles. The van der Waals surface area contributed by atoms with Gasteiger partial charge in [0.15, 0.2) is 0 Å². The molecule has 0 aliphatic heterocycles. The van der Waals surface area contributed by atoms with Crippen molar-refractivity contribution in [1.82, 2.24) is 0 Å². The summed E-state index contributed by atoms with van der Waals surface area (Å²) in [5, 5.41) is 0. The van der Waals surface area contributed by atoms with Crippen molar-refractivity contribution in [2.45, 2.75) is 59.3 Å². The summed E-state index contributed by atoms with van der Waals surface area (Å²) in [7, 11) is 0. The first-order valence-electron chi connectivity index (χ1n) is 6.35. The van der Waals surface area contributed by atoms with Crippen molar-refractivity contribution in [3.8, 4) is 5.75 Å². The molecule has 0 saturated carbocycles. The third-order valence-corrected chi connectivity index (χ3v) is 2.91. The summed E-state index contributed by atoms with van der Waals surface area (Å²) < 4.78 is 5.37. The topological polar surface area (TPSA) is 26.3 Å². The molecule has 0 radical (unpaired) electrons. The molecule has 2 nitrogen and oxygen atoms in total. The highest BCUT2D eigenvalue weighted by Crippen LogP contribution is 2.35. The van der Waals surface area contributed by atoms with Gasteiger partial charge < -0.3 is 4.74 Å². The van der Waals surface area contributed by atoms with Crippen molar-refractivity contribution in [3.63, 3.8) is 0 Å². The Morgan fingerprint density at radius 3 is 1.94 bits per heavy atom. The molecule has 0 bridgehead atoms. The summed E-state index contributed by atoms with van der Waals surface area (Å²) in [5.74, 6) is 0.411. The van der Waals surface area contributed by atoms with Crippen LogP contribution in [0.4, 0.5) is 0 Å². The summed E-state index contributed by atoms with van der Waals surface area (Å²) in [5.41, 5.74) is 2.24. The lowest BCUT2D eigenvalue weighted by atomic mass is 9.81. The average Bonchev–Trinajstić information content (AvgIpc) is 2.13. The molecular weight excluding hydrogens is 224 g/mol. The molecule has 2 heteroatoms. The van der Waals surface area contributed by atoms with Crippen LogP contribution in [0.5, 0.6) is 5.75 Å². The van der Waals surface area contributed by atoms with Gasteiger partial charge >= 0.3 is 5.97 Å². The Labute approximate surface area is 110 Å². The van der Waals surface area contributed by atoms with Gasteiger partial charge in [-0.2, -0.15) is 0 Å². The number of rotatable bonds is 1. The Morgan fingerprint density at radius 2 is 1.56 bits per heavy atom. The Morgan fingerprint density at radius 1 is 1.00 bits per heavy atom. The zero-order valence-corrected chi connectivity index (χ0v) is 12.5. The van der Waals surface area contributed by atoms with Crippen molar-refractivity contribution in [3.05, 3.63) is 29.3 Å². The minimum atomic E-state index is -0.272. The monoisotopic (exact) mass is 248 g/mol. The summed E-state index contributed by atoms with van der Waals surface area (Å²) in [6, 6.07) is 6.18. The van der Waals surface area contributed by atoms with Gasteiger partial charge in [-0.25, -0.2) is 0 Å². The van der Waals surface area contributed by atoms with Crippen molar-refractivity contribution in [1.29, 1.82) is 0 Å². The van der Waals surface area contributed by atoms with Crippen LogP contribution in [0.1, 0.15) is 59.6 Å². The first-order chi connectivity index (χ1) is 8.01. The number of carbonyl (C=O) groups excluding carboxylic acids is 1. The van der Waals surface area contributed by atoms with Crippen molar-refractivity contribution in [2.75, 3.05) is 0 Å². The van der Waals surface area contributed by atoms with E-state index in [0.717, 1.165) is 5.56 Å². The average molecular weight is 248 g/mol. The van der Waals surface area contributed by atoms with E-state index < -0.39 is 0 Å². The maximum Gasteiger partial charge on any atom is 0.308 e. The highest BCUT2D eigenvalue weighted by Gasteiger charge is 2.23. The smallest absolute Gasteiger partial charge is 0.308 e. The minimum Gasteiger partial charge on any atom is -0.426 e. The molecule has 1 rings (SSSR count). The highest BCUT2D eigenvalue weighted by molar-refractivity contribution is 5.70. The fourth-order valence-electron chi connectivity index (χ4n) is 1.85. The van der Waals surface area contributed by atoms with E-state index in [1.54, 1.807) is 0 Å². The van der Waals surface area contributed by atoms with Gasteiger partial charge in [-0.3, -0.25) is 4.79 Å². The quantitative estimate of drug-likeness (QED) is 0.550. The van der Waals surface area contributed by atoms with Gasteiger partial charge in [-0.15, -0.1) is 0 Å². The van der Waals surface area contributed by atoms with Gasteiger partial charge in [0.05, 0.1) is 0 Å². The number of hydrogen-bond donors (Lipinski definition) is 0. The highest BCUT2D eigenvalue weighted by atomic mass is 16.5. The molecule has 0 saturated heterocycles. The normalized spacial score (nSPS) is 12.4. The molecule has 100 valence electrons. The Balaban J connectivity index is 3.34. The molecule has 1 aromatic rings. The lowest BCUT2D eigenvalue weighted by Crippen LogP contribution is -2.17. The summed E-state index contributed by atoms with van der Waals surface area (Å²) in [4.78, 5) is 11.2. The predicted octanol–water partition coefficient (Wildman–Crippen LogP) is 4.21. The van der Waals surface area contributed by atoms with E-state index in [-0.39, 0.29) is 16.8 Å². The molecular formula is C16H24O2. The molecule has 0 aromatic heterocycles. The summed E-state index contributed by atoms with van der Waals surface area (Å²) in [6.07, 6.45) is 0. The van der Waals surface area contributed by atoms with Gasteiger partial charge in [-0.1, -0.05) is 53.7 Å². The van der Waals surface area contributed by atoms with Crippen LogP contribution in [0.2, 0.25) is 0 Å². The van der Waals surface area contributed by atoms with Crippen molar-refractivity contribution < 1.29 is 9.53 Å². The van der Waals surface area contributed by atoms with Crippen LogP contribution in [-0.4, -0.2) is 5.97 Å². The van der Waals surface area contributed by atoms with Crippen LogP contribution in [0.25, 0.3) is 0 Å². The van der Waals surface area contributed by atoms with Gasteiger partial charge in [-0.05, 0) is 22.5 Å². The zero-order valence-electron chi connectivity index (χ0n) is 12.5. The van der Waals surface area contributed by atoms with E-state index in [0.29, 0.717) is 5.75 Å². The number of esters is 1.